The molecule has 2 aromatic rings. The molecule has 1 atom stereocenters. The summed E-state index contributed by atoms with van der Waals surface area (Å²) in [7, 11) is 0. The van der Waals surface area contributed by atoms with Gasteiger partial charge < -0.3 is 10.4 Å². The van der Waals surface area contributed by atoms with Crippen molar-refractivity contribution in [1.29, 1.82) is 0 Å². The Morgan fingerprint density at radius 1 is 1.39 bits per heavy atom. The number of amides is 1. The second-order valence-corrected chi connectivity index (χ2v) is 6.91. The molecule has 1 heterocycles. The van der Waals surface area contributed by atoms with Gasteiger partial charge in [-0.1, -0.05) is 42.1 Å². The number of fused-ring (bicyclic) bond motifs is 1. The highest BCUT2D eigenvalue weighted by Gasteiger charge is 2.32. The van der Waals surface area contributed by atoms with Crippen LogP contribution in [0.25, 0.3) is 0 Å². The van der Waals surface area contributed by atoms with Gasteiger partial charge in [0.25, 0.3) is 5.91 Å². The number of aliphatic hydroxyl groups is 1. The molecule has 1 aromatic carbocycles. The van der Waals surface area contributed by atoms with Gasteiger partial charge in [0.2, 0.25) is 0 Å². The molecule has 5 nitrogen and oxygen atoms in total. The van der Waals surface area contributed by atoms with Crippen LogP contribution in [-0.2, 0) is 19.3 Å². The van der Waals surface area contributed by atoms with Crippen molar-refractivity contribution in [3.05, 3.63) is 46.0 Å². The Labute approximate surface area is 139 Å². The Balaban J connectivity index is 1.64. The van der Waals surface area contributed by atoms with E-state index in [0.29, 0.717) is 17.7 Å². The lowest BCUT2D eigenvalue weighted by atomic mass is 9.80. The molecule has 0 radical (unpaired) electrons. The molecule has 23 heavy (non-hydrogen) atoms. The van der Waals surface area contributed by atoms with Crippen molar-refractivity contribution in [3.8, 4) is 0 Å². The highest BCUT2D eigenvalue weighted by molar-refractivity contribution is 7.08. The normalized spacial score (nSPS) is 20.1. The number of benzene rings is 1. The van der Waals surface area contributed by atoms with Crippen LogP contribution in [-0.4, -0.2) is 32.7 Å². The number of nitrogens with zero attached hydrogens (tertiary/aromatic N) is 2. The van der Waals surface area contributed by atoms with Gasteiger partial charge in [0.15, 0.2) is 0 Å². The van der Waals surface area contributed by atoms with Crippen molar-refractivity contribution in [1.82, 2.24) is 14.9 Å². The van der Waals surface area contributed by atoms with Crippen LogP contribution in [0.2, 0.25) is 0 Å². The molecule has 0 saturated carbocycles. The molecule has 0 saturated heterocycles. The van der Waals surface area contributed by atoms with E-state index in [1.165, 1.54) is 11.1 Å². The maximum Gasteiger partial charge on any atom is 0.265 e. The third-order valence-electron chi connectivity index (χ3n) is 4.32. The summed E-state index contributed by atoms with van der Waals surface area (Å²) in [5.41, 5.74) is 2.32. The minimum absolute atomic E-state index is 0.185. The topological polar surface area (TPSA) is 75.1 Å². The molecular weight excluding hydrogens is 310 g/mol. The van der Waals surface area contributed by atoms with E-state index in [1.807, 2.05) is 25.1 Å². The van der Waals surface area contributed by atoms with Crippen LogP contribution in [0.3, 0.4) is 0 Å². The lowest BCUT2D eigenvalue weighted by molar-refractivity contribution is 0.0260. The van der Waals surface area contributed by atoms with Crippen LogP contribution in [0.4, 0.5) is 0 Å². The Hall–Kier alpha value is -1.79. The molecule has 1 amide bonds. The largest absolute Gasteiger partial charge is 0.388 e. The Morgan fingerprint density at radius 3 is 2.96 bits per heavy atom. The summed E-state index contributed by atoms with van der Waals surface area (Å²) in [5, 5.41) is 17.7. The number of carbonyl (C=O) groups is 1. The van der Waals surface area contributed by atoms with Gasteiger partial charge in [-0.2, -0.15) is 0 Å². The Morgan fingerprint density at radius 2 is 2.17 bits per heavy atom. The molecular formula is C17H21N3O2S. The number of rotatable bonds is 5. The first-order chi connectivity index (χ1) is 11.1. The fourth-order valence-corrected chi connectivity index (χ4v) is 3.67. The minimum atomic E-state index is -0.882. The van der Waals surface area contributed by atoms with Gasteiger partial charge in [0.05, 0.1) is 11.3 Å². The molecule has 2 N–H and O–H groups in total. The van der Waals surface area contributed by atoms with Gasteiger partial charge in [0.1, 0.15) is 4.88 Å². The summed E-state index contributed by atoms with van der Waals surface area (Å²) >= 11 is 1.12. The van der Waals surface area contributed by atoms with Crippen LogP contribution in [0, 0.1) is 0 Å². The van der Waals surface area contributed by atoms with Crippen LogP contribution in [0.15, 0.2) is 24.3 Å². The van der Waals surface area contributed by atoms with Gasteiger partial charge in [0, 0.05) is 13.0 Å². The number of hydrogen-bond donors (Lipinski definition) is 2. The highest BCUT2D eigenvalue weighted by Crippen LogP contribution is 2.28. The van der Waals surface area contributed by atoms with Crippen molar-refractivity contribution >= 4 is 17.4 Å². The van der Waals surface area contributed by atoms with E-state index in [9.17, 15) is 9.90 Å². The minimum Gasteiger partial charge on any atom is -0.388 e. The predicted molar refractivity (Wildman–Crippen MR) is 89.7 cm³/mol. The van der Waals surface area contributed by atoms with Crippen LogP contribution in [0.1, 0.15) is 46.3 Å². The second kappa shape index (κ2) is 6.76. The monoisotopic (exact) mass is 331 g/mol. The third-order valence-corrected chi connectivity index (χ3v) is 5.09. The van der Waals surface area contributed by atoms with Gasteiger partial charge in [-0.3, -0.25) is 4.79 Å². The number of aryl methyl sites for hydroxylation is 2. The SMILES string of the molecule is CCCc1nnsc1C(=O)NCC1(O)CCc2ccccc2C1. The molecule has 122 valence electrons. The van der Waals surface area contributed by atoms with E-state index in [2.05, 4.69) is 21.0 Å². The second-order valence-electron chi connectivity index (χ2n) is 6.15. The Bertz CT molecular complexity index is 701. The van der Waals surface area contributed by atoms with E-state index in [-0.39, 0.29) is 12.5 Å². The average molecular weight is 331 g/mol. The van der Waals surface area contributed by atoms with Crippen LogP contribution >= 0.6 is 11.5 Å². The summed E-state index contributed by atoms with van der Waals surface area (Å²) in [6.45, 7) is 2.30. The maximum absolute atomic E-state index is 12.3. The summed E-state index contributed by atoms with van der Waals surface area (Å²) in [5.74, 6) is -0.185. The molecule has 1 aromatic heterocycles. The highest BCUT2D eigenvalue weighted by atomic mass is 32.1. The number of carbonyl (C=O) groups excluding carboxylic acids is 1. The molecule has 1 aliphatic carbocycles. The lowest BCUT2D eigenvalue weighted by Crippen LogP contribution is -2.46. The van der Waals surface area contributed by atoms with Crippen molar-refractivity contribution in [2.45, 2.75) is 44.6 Å². The van der Waals surface area contributed by atoms with Gasteiger partial charge in [-0.05, 0) is 41.9 Å². The first-order valence-electron chi connectivity index (χ1n) is 8.00. The molecule has 0 spiro atoms. The molecule has 3 rings (SSSR count). The quantitative estimate of drug-likeness (QED) is 0.880. The average Bonchev–Trinajstić information content (AvgIpc) is 3.01. The molecule has 0 fully saturated rings. The third kappa shape index (κ3) is 3.59. The smallest absolute Gasteiger partial charge is 0.265 e. The lowest BCUT2D eigenvalue weighted by Gasteiger charge is -2.33. The molecule has 6 heteroatoms. The van der Waals surface area contributed by atoms with Crippen molar-refractivity contribution in [2.75, 3.05) is 6.54 Å². The van der Waals surface area contributed by atoms with E-state index in [0.717, 1.165) is 36.5 Å². The first kappa shape index (κ1) is 16.1. The molecule has 0 aliphatic heterocycles. The van der Waals surface area contributed by atoms with Crippen molar-refractivity contribution < 1.29 is 9.90 Å². The predicted octanol–water partition coefficient (Wildman–Crippen LogP) is 2.14. The summed E-state index contributed by atoms with van der Waals surface area (Å²) < 4.78 is 3.87. The van der Waals surface area contributed by atoms with E-state index >= 15 is 0 Å². The summed E-state index contributed by atoms with van der Waals surface area (Å²) in [6.07, 6.45) is 3.74. The zero-order valence-corrected chi connectivity index (χ0v) is 14.0. The van der Waals surface area contributed by atoms with E-state index < -0.39 is 5.60 Å². The summed E-state index contributed by atoms with van der Waals surface area (Å²) in [6, 6.07) is 8.17. The first-order valence-corrected chi connectivity index (χ1v) is 8.77. The van der Waals surface area contributed by atoms with E-state index in [4.69, 9.17) is 0 Å². The molecule has 1 aliphatic rings. The van der Waals surface area contributed by atoms with Crippen LogP contribution < -0.4 is 5.32 Å². The zero-order chi connectivity index (χ0) is 16.3. The van der Waals surface area contributed by atoms with Gasteiger partial charge >= 0.3 is 0 Å². The van der Waals surface area contributed by atoms with Gasteiger partial charge in [-0.15, -0.1) is 5.10 Å². The number of hydrogen-bond acceptors (Lipinski definition) is 5. The maximum atomic E-state index is 12.3. The summed E-state index contributed by atoms with van der Waals surface area (Å²) in [4.78, 5) is 12.9. The number of nitrogens with one attached hydrogen (secondary N) is 1. The number of aromatic nitrogens is 2. The van der Waals surface area contributed by atoms with Crippen molar-refractivity contribution in [2.24, 2.45) is 0 Å². The zero-order valence-electron chi connectivity index (χ0n) is 13.2. The molecule has 1 unspecified atom stereocenters. The van der Waals surface area contributed by atoms with Crippen molar-refractivity contribution in [3.63, 3.8) is 0 Å². The fourth-order valence-electron chi connectivity index (χ4n) is 3.04. The van der Waals surface area contributed by atoms with Crippen LogP contribution in [0.5, 0.6) is 0 Å². The Kier molecular flexibility index (Phi) is 4.73. The van der Waals surface area contributed by atoms with Gasteiger partial charge in [-0.25, -0.2) is 0 Å². The standard InChI is InChI=1S/C17H21N3O2S/c1-2-5-14-15(23-20-19-14)16(21)18-11-17(22)9-8-12-6-3-4-7-13(12)10-17/h3-4,6-7,22H,2,5,8-11H2,1H3,(H,18,21). The fraction of sp³-hybridized carbons (Fsp3) is 0.471. The van der Waals surface area contributed by atoms with E-state index in [1.54, 1.807) is 0 Å². The molecule has 0 bridgehead atoms.